The second-order valence-electron chi connectivity index (χ2n) is 7.79. The number of hydrogen-bond donors (Lipinski definition) is 3. The quantitative estimate of drug-likeness (QED) is 0.347. The van der Waals surface area contributed by atoms with Gasteiger partial charge in [0.25, 0.3) is 5.91 Å². The summed E-state index contributed by atoms with van der Waals surface area (Å²) < 4.78 is 0. The highest BCUT2D eigenvalue weighted by Gasteiger charge is 2.32. The van der Waals surface area contributed by atoms with Crippen molar-refractivity contribution in [3.8, 4) is 28.3 Å². The molecule has 7 heteroatoms. The molecule has 3 aromatic carbocycles. The Morgan fingerprint density at radius 1 is 0.939 bits per heavy atom. The van der Waals surface area contributed by atoms with Gasteiger partial charge in [0, 0.05) is 17.3 Å². The van der Waals surface area contributed by atoms with E-state index in [1.165, 1.54) is 6.07 Å². The van der Waals surface area contributed by atoms with Crippen molar-refractivity contribution in [2.24, 2.45) is 0 Å². The number of imidazole rings is 1. The number of phenolic OH excluding ortho intramolecular Hbond substituents is 1. The number of rotatable bonds is 3. The molecule has 1 aliphatic rings. The van der Waals surface area contributed by atoms with Gasteiger partial charge in [-0.25, -0.2) is 4.98 Å². The normalized spacial score (nSPS) is 13.8. The molecule has 0 saturated carbocycles. The molecule has 0 fully saturated rings. The lowest BCUT2D eigenvalue weighted by atomic mass is 9.98. The fraction of sp³-hybridized carbons (Fsp3) is 0.0385. The van der Waals surface area contributed by atoms with E-state index in [-0.39, 0.29) is 30.1 Å². The van der Waals surface area contributed by atoms with Gasteiger partial charge in [-0.15, -0.1) is 12.4 Å². The third kappa shape index (κ3) is 3.41. The predicted molar refractivity (Wildman–Crippen MR) is 129 cm³/mol. The molecule has 1 unspecified atom stereocenters. The van der Waals surface area contributed by atoms with Crippen LogP contribution in [0.3, 0.4) is 0 Å². The summed E-state index contributed by atoms with van der Waals surface area (Å²) in [5.41, 5.74) is 7.27. The molecule has 0 saturated heterocycles. The second-order valence-corrected chi connectivity index (χ2v) is 7.79. The molecule has 6 nitrogen and oxygen atoms in total. The Balaban J connectivity index is 0.00000228. The van der Waals surface area contributed by atoms with Crippen molar-refractivity contribution >= 4 is 29.3 Å². The zero-order valence-corrected chi connectivity index (χ0v) is 18.1. The van der Waals surface area contributed by atoms with Crippen molar-refractivity contribution in [2.75, 3.05) is 0 Å². The number of aromatic hydroxyl groups is 1. The number of aromatic amines is 1. The number of amides is 1. The monoisotopic (exact) mass is 454 g/mol. The van der Waals surface area contributed by atoms with E-state index in [9.17, 15) is 9.90 Å². The van der Waals surface area contributed by atoms with Gasteiger partial charge in [0.05, 0.1) is 23.3 Å². The van der Waals surface area contributed by atoms with E-state index in [2.05, 4.69) is 21.4 Å². The molecule has 0 bridgehead atoms. The van der Waals surface area contributed by atoms with Gasteiger partial charge in [0.15, 0.2) is 0 Å². The SMILES string of the molecule is Cl.O=C(NC1c2ccccc2-c2c(-c3nc4ccncc4[nH]3)cccc21)c1cccc(O)c1. The lowest BCUT2D eigenvalue weighted by molar-refractivity contribution is 0.0943. The van der Waals surface area contributed by atoms with Gasteiger partial charge in [-0.05, 0) is 46.5 Å². The predicted octanol–water partition coefficient (Wildman–Crippen LogP) is 5.25. The number of hydrogen-bond acceptors (Lipinski definition) is 4. The second kappa shape index (κ2) is 8.07. The minimum atomic E-state index is -0.304. The van der Waals surface area contributed by atoms with Crippen LogP contribution in [-0.4, -0.2) is 26.0 Å². The van der Waals surface area contributed by atoms with Gasteiger partial charge in [-0.2, -0.15) is 0 Å². The molecule has 6 rings (SSSR count). The fourth-order valence-corrected chi connectivity index (χ4v) is 4.45. The van der Waals surface area contributed by atoms with Crippen LogP contribution in [0.25, 0.3) is 33.5 Å². The lowest BCUT2D eigenvalue weighted by Crippen LogP contribution is -2.28. The molecule has 33 heavy (non-hydrogen) atoms. The third-order valence-corrected chi connectivity index (χ3v) is 5.87. The number of carbonyl (C=O) groups excluding carboxylic acids is 1. The van der Waals surface area contributed by atoms with Gasteiger partial charge in [-0.1, -0.05) is 48.5 Å². The molecule has 3 N–H and O–H groups in total. The number of phenols is 1. The number of aromatic nitrogens is 3. The van der Waals surface area contributed by atoms with Gasteiger partial charge >= 0.3 is 0 Å². The first-order chi connectivity index (χ1) is 15.7. The smallest absolute Gasteiger partial charge is 0.252 e. The van der Waals surface area contributed by atoms with Crippen LogP contribution in [0.2, 0.25) is 0 Å². The van der Waals surface area contributed by atoms with Crippen molar-refractivity contribution in [1.82, 2.24) is 20.3 Å². The molecular weight excluding hydrogens is 436 g/mol. The van der Waals surface area contributed by atoms with E-state index in [0.717, 1.165) is 44.7 Å². The van der Waals surface area contributed by atoms with Crippen LogP contribution < -0.4 is 5.32 Å². The van der Waals surface area contributed by atoms with Crippen molar-refractivity contribution in [3.05, 3.63) is 102 Å². The molecular formula is C26H19ClN4O2. The van der Waals surface area contributed by atoms with E-state index < -0.39 is 0 Å². The Hall–Kier alpha value is -4.16. The van der Waals surface area contributed by atoms with Crippen molar-refractivity contribution in [2.45, 2.75) is 6.04 Å². The molecule has 1 atom stereocenters. The van der Waals surface area contributed by atoms with Gasteiger partial charge in [0.2, 0.25) is 0 Å². The van der Waals surface area contributed by atoms with Crippen LogP contribution in [0.15, 0.2) is 85.2 Å². The fourth-order valence-electron chi connectivity index (χ4n) is 4.45. The highest BCUT2D eigenvalue weighted by atomic mass is 35.5. The molecule has 2 heterocycles. The molecule has 0 aliphatic heterocycles. The molecule has 1 aliphatic carbocycles. The number of carbonyl (C=O) groups is 1. The van der Waals surface area contributed by atoms with Gasteiger partial charge in [-0.3, -0.25) is 9.78 Å². The summed E-state index contributed by atoms with van der Waals surface area (Å²) in [6, 6.07) is 22.1. The summed E-state index contributed by atoms with van der Waals surface area (Å²) in [5.74, 6) is 0.583. The number of pyridine rings is 1. The highest BCUT2D eigenvalue weighted by Crippen LogP contribution is 2.47. The average Bonchev–Trinajstić information content (AvgIpc) is 3.39. The maximum Gasteiger partial charge on any atom is 0.252 e. The lowest BCUT2D eigenvalue weighted by Gasteiger charge is -2.16. The van der Waals surface area contributed by atoms with E-state index in [1.807, 2.05) is 42.5 Å². The molecule has 162 valence electrons. The third-order valence-electron chi connectivity index (χ3n) is 5.87. The average molecular weight is 455 g/mol. The zero-order valence-electron chi connectivity index (χ0n) is 17.3. The van der Waals surface area contributed by atoms with Crippen LogP contribution in [0, 0.1) is 0 Å². The molecule has 2 aromatic heterocycles. The minimum absolute atomic E-state index is 0. The number of fused-ring (bicyclic) bond motifs is 4. The maximum absolute atomic E-state index is 13.0. The Kier molecular flexibility index (Phi) is 5.07. The first kappa shape index (κ1) is 20.7. The van der Waals surface area contributed by atoms with Crippen molar-refractivity contribution in [3.63, 3.8) is 0 Å². The molecule has 1 amide bonds. The van der Waals surface area contributed by atoms with Crippen LogP contribution in [0.5, 0.6) is 5.75 Å². The largest absolute Gasteiger partial charge is 0.508 e. The van der Waals surface area contributed by atoms with Crippen LogP contribution in [0.4, 0.5) is 0 Å². The first-order valence-corrected chi connectivity index (χ1v) is 10.3. The summed E-state index contributed by atoms with van der Waals surface area (Å²) in [7, 11) is 0. The Morgan fingerprint density at radius 3 is 2.58 bits per heavy atom. The number of benzene rings is 3. The van der Waals surface area contributed by atoms with E-state index in [4.69, 9.17) is 4.98 Å². The Bertz CT molecular complexity index is 1480. The Morgan fingerprint density at radius 2 is 1.73 bits per heavy atom. The van der Waals surface area contributed by atoms with Crippen LogP contribution in [0.1, 0.15) is 27.5 Å². The van der Waals surface area contributed by atoms with Crippen LogP contribution >= 0.6 is 12.4 Å². The van der Waals surface area contributed by atoms with E-state index >= 15 is 0 Å². The molecule has 0 radical (unpaired) electrons. The first-order valence-electron chi connectivity index (χ1n) is 10.3. The maximum atomic E-state index is 13.0. The van der Waals surface area contributed by atoms with Crippen molar-refractivity contribution < 1.29 is 9.90 Å². The molecule has 5 aromatic rings. The number of nitrogens with zero attached hydrogens (tertiary/aromatic N) is 2. The van der Waals surface area contributed by atoms with E-state index in [0.29, 0.717) is 5.56 Å². The topological polar surface area (TPSA) is 90.9 Å². The zero-order chi connectivity index (χ0) is 21.7. The van der Waals surface area contributed by atoms with Gasteiger partial charge < -0.3 is 15.4 Å². The number of H-pyrrole nitrogens is 1. The summed E-state index contributed by atoms with van der Waals surface area (Å²) in [6.07, 6.45) is 3.49. The highest BCUT2D eigenvalue weighted by molar-refractivity contribution is 5.97. The standard InChI is InChI=1S/C26H18N4O2.ClH/c31-16-6-3-5-15(13-16)26(32)30-24-18-8-2-1-7-17(18)23-19(24)9-4-10-20(23)25-28-21-11-12-27-14-22(21)29-25;/h1-14,24,31H,(H,28,29)(H,30,32);1H. The summed E-state index contributed by atoms with van der Waals surface area (Å²) in [4.78, 5) is 25.3. The number of nitrogens with one attached hydrogen (secondary N) is 2. The summed E-state index contributed by atoms with van der Waals surface area (Å²) >= 11 is 0. The van der Waals surface area contributed by atoms with Crippen LogP contribution in [-0.2, 0) is 0 Å². The number of halogens is 1. The minimum Gasteiger partial charge on any atom is -0.508 e. The molecule has 0 spiro atoms. The summed E-state index contributed by atoms with van der Waals surface area (Å²) in [6.45, 7) is 0. The van der Waals surface area contributed by atoms with Crippen molar-refractivity contribution in [1.29, 1.82) is 0 Å². The Labute approximate surface area is 195 Å². The summed E-state index contributed by atoms with van der Waals surface area (Å²) in [5, 5.41) is 12.9. The van der Waals surface area contributed by atoms with Gasteiger partial charge in [0.1, 0.15) is 11.6 Å². The van der Waals surface area contributed by atoms with E-state index in [1.54, 1.807) is 30.6 Å².